The molecule has 1 saturated heterocycles. The molecule has 0 amide bonds. The second-order valence-electron chi connectivity index (χ2n) is 4.86. The minimum Gasteiger partial charge on any atom is -0.378 e. The van der Waals surface area contributed by atoms with Crippen LogP contribution >= 0.6 is 0 Å². The van der Waals surface area contributed by atoms with Gasteiger partial charge in [-0.25, -0.2) is 9.97 Å². The Hall–Kier alpha value is -1.42. The molecule has 96 valence electrons. The normalized spacial score (nSPS) is 19.7. The van der Waals surface area contributed by atoms with E-state index >= 15 is 0 Å². The molecule has 0 N–H and O–H groups in total. The van der Waals surface area contributed by atoms with Crippen molar-refractivity contribution in [3.05, 3.63) is 24.2 Å². The van der Waals surface area contributed by atoms with Gasteiger partial charge in [-0.3, -0.25) is 0 Å². The first-order valence-electron chi connectivity index (χ1n) is 6.80. The van der Waals surface area contributed by atoms with Gasteiger partial charge in [0.15, 0.2) is 5.65 Å². The number of aryl methyl sites for hydroxylation is 1. The van der Waals surface area contributed by atoms with Gasteiger partial charge >= 0.3 is 0 Å². The molecule has 1 aliphatic rings. The molecule has 0 bridgehead atoms. The van der Waals surface area contributed by atoms with Gasteiger partial charge in [-0.1, -0.05) is 6.92 Å². The third-order valence-electron chi connectivity index (χ3n) is 3.46. The average Bonchev–Trinajstić information content (AvgIpc) is 3.00. The summed E-state index contributed by atoms with van der Waals surface area (Å²) in [6, 6.07) is 3.98. The fourth-order valence-electron chi connectivity index (χ4n) is 2.63. The van der Waals surface area contributed by atoms with Crippen molar-refractivity contribution >= 4 is 11.2 Å². The van der Waals surface area contributed by atoms with Gasteiger partial charge < -0.3 is 9.30 Å². The Morgan fingerprint density at radius 1 is 1.50 bits per heavy atom. The van der Waals surface area contributed by atoms with Crippen LogP contribution in [0.15, 0.2) is 18.3 Å². The van der Waals surface area contributed by atoms with Gasteiger partial charge in [0.25, 0.3) is 0 Å². The first-order valence-corrected chi connectivity index (χ1v) is 6.80. The third kappa shape index (κ3) is 2.12. The number of rotatable bonds is 4. The highest BCUT2D eigenvalue weighted by atomic mass is 16.5. The molecule has 1 fully saturated rings. The number of aromatic nitrogens is 3. The maximum absolute atomic E-state index is 5.71. The maximum Gasteiger partial charge on any atom is 0.159 e. The highest BCUT2D eigenvalue weighted by Crippen LogP contribution is 2.20. The zero-order chi connectivity index (χ0) is 12.4. The monoisotopic (exact) mass is 245 g/mol. The number of fused-ring (bicyclic) bond motifs is 1. The molecular formula is C14H19N3O. The molecule has 1 atom stereocenters. The van der Waals surface area contributed by atoms with E-state index in [1.807, 2.05) is 18.3 Å². The van der Waals surface area contributed by atoms with E-state index in [4.69, 9.17) is 9.72 Å². The van der Waals surface area contributed by atoms with Crippen LogP contribution in [-0.4, -0.2) is 27.2 Å². The van der Waals surface area contributed by atoms with E-state index in [1.165, 1.54) is 6.42 Å². The molecular weight excluding hydrogens is 226 g/mol. The molecule has 1 unspecified atom stereocenters. The van der Waals surface area contributed by atoms with Crippen molar-refractivity contribution in [2.45, 2.75) is 45.3 Å². The summed E-state index contributed by atoms with van der Waals surface area (Å²) in [5, 5.41) is 0. The average molecular weight is 245 g/mol. The van der Waals surface area contributed by atoms with Gasteiger partial charge in [-0.15, -0.1) is 0 Å². The van der Waals surface area contributed by atoms with Crippen molar-refractivity contribution in [3.63, 3.8) is 0 Å². The summed E-state index contributed by atoms with van der Waals surface area (Å²) in [4.78, 5) is 9.17. The van der Waals surface area contributed by atoms with Gasteiger partial charge in [0.1, 0.15) is 11.3 Å². The lowest BCUT2D eigenvalue weighted by Crippen LogP contribution is -2.14. The predicted octanol–water partition coefficient (Wildman–Crippen LogP) is 2.56. The Morgan fingerprint density at radius 3 is 3.22 bits per heavy atom. The number of hydrogen-bond acceptors (Lipinski definition) is 3. The number of nitrogens with zero attached hydrogens (tertiary/aromatic N) is 3. The summed E-state index contributed by atoms with van der Waals surface area (Å²) in [6.45, 7) is 4.07. The lowest BCUT2D eigenvalue weighted by molar-refractivity contribution is 0.109. The zero-order valence-electron chi connectivity index (χ0n) is 10.8. The Bertz CT molecular complexity index is 529. The largest absolute Gasteiger partial charge is 0.378 e. The smallest absolute Gasteiger partial charge is 0.159 e. The number of pyridine rings is 1. The van der Waals surface area contributed by atoms with E-state index < -0.39 is 0 Å². The number of imidazole rings is 1. The predicted molar refractivity (Wildman–Crippen MR) is 70.5 cm³/mol. The van der Waals surface area contributed by atoms with E-state index in [1.54, 1.807) is 0 Å². The van der Waals surface area contributed by atoms with Gasteiger partial charge in [0.05, 0.1) is 6.10 Å². The Labute approximate surface area is 107 Å². The van der Waals surface area contributed by atoms with Crippen molar-refractivity contribution < 1.29 is 4.74 Å². The second kappa shape index (κ2) is 5.06. The van der Waals surface area contributed by atoms with Crippen LogP contribution < -0.4 is 0 Å². The molecule has 0 aliphatic carbocycles. The Kier molecular flexibility index (Phi) is 3.28. The summed E-state index contributed by atoms with van der Waals surface area (Å²) in [5.41, 5.74) is 2.01. The quantitative estimate of drug-likeness (QED) is 0.831. The molecule has 2 aromatic heterocycles. The molecule has 0 saturated carbocycles. The molecule has 0 aromatic carbocycles. The second-order valence-corrected chi connectivity index (χ2v) is 4.86. The SMILES string of the molecule is CCCn1c(CC2CCCO2)nc2cccnc21. The van der Waals surface area contributed by atoms with Gasteiger partial charge in [-0.05, 0) is 31.4 Å². The van der Waals surface area contributed by atoms with Crippen molar-refractivity contribution in [2.24, 2.45) is 0 Å². The minimum absolute atomic E-state index is 0.345. The van der Waals surface area contributed by atoms with Crippen LogP contribution in [-0.2, 0) is 17.7 Å². The van der Waals surface area contributed by atoms with Crippen molar-refractivity contribution in [1.29, 1.82) is 0 Å². The fourth-order valence-corrected chi connectivity index (χ4v) is 2.63. The fraction of sp³-hybridized carbons (Fsp3) is 0.571. The van der Waals surface area contributed by atoms with Crippen LogP contribution in [0.1, 0.15) is 32.0 Å². The van der Waals surface area contributed by atoms with Crippen LogP contribution in [0.3, 0.4) is 0 Å². The van der Waals surface area contributed by atoms with Crippen LogP contribution in [0.5, 0.6) is 0 Å². The molecule has 18 heavy (non-hydrogen) atoms. The Morgan fingerprint density at radius 2 is 2.44 bits per heavy atom. The highest BCUT2D eigenvalue weighted by Gasteiger charge is 2.20. The van der Waals surface area contributed by atoms with Gasteiger partial charge in [0.2, 0.25) is 0 Å². The minimum atomic E-state index is 0.345. The molecule has 0 spiro atoms. The van der Waals surface area contributed by atoms with Gasteiger partial charge in [-0.2, -0.15) is 0 Å². The highest BCUT2D eigenvalue weighted by molar-refractivity contribution is 5.71. The van der Waals surface area contributed by atoms with E-state index in [2.05, 4.69) is 16.5 Å². The summed E-state index contributed by atoms with van der Waals surface area (Å²) in [5.74, 6) is 1.12. The zero-order valence-corrected chi connectivity index (χ0v) is 10.8. The van der Waals surface area contributed by atoms with Crippen LogP contribution in [0, 0.1) is 0 Å². The van der Waals surface area contributed by atoms with E-state index in [9.17, 15) is 0 Å². The van der Waals surface area contributed by atoms with E-state index in [-0.39, 0.29) is 0 Å². The van der Waals surface area contributed by atoms with Crippen molar-refractivity contribution in [3.8, 4) is 0 Å². The summed E-state index contributed by atoms with van der Waals surface area (Å²) in [7, 11) is 0. The molecule has 4 heteroatoms. The molecule has 3 heterocycles. The van der Waals surface area contributed by atoms with Crippen molar-refractivity contribution in [2.75, 3.05) is 6.61 Å². The van der Waals surface area contributed by atoms with Crippen LogP contribution in [0.2, 0.25) is 0 Å². The first-order chi connectivity index (χ1) is 8.88. The van der Waals surface area contributed by atoms with E-state index in [0.29, 0.717) is 6.10 Å². The molecule has 2 aromatic rings. The topological polar surface area (TPSA) is 39.9 Å². The molecule has 4 nitrogen and oxygen atoms in total. The molecule has 3 rings (SSSR count). The Balaban J connectivity index is 1.95. The maximum atomic E-state index is 5.71. The van der Waals surface area contributed by atoms with E-state index in [0.717, 1.165) is 49.4 Å². The number of ether oxygens (including phenoxy) is 1. The molecule has 1 aliphatic heterocycles. The standard InChI is InChI=1S/C14H19N3O/c1-2-8-17-13(10-11-5-4-9-18-11)16-12-6-3-7-15-14(12)17/h3,6-7,11H,2,4-5,8-10H2,1H3. The summed E-state index contributed by atoms with van der Waals surface area (Å²) in [6.07, 6.45) is 6.53. The number of hydrogen-bond donors (Lipinski definition) is 0. The summed E-state index contributed by atoms with van der Waals surface area (Å²) >= 11 is 0. The van der Waals surface area contributed by atoms with Crippen LogP contribution in [0.4, 0.5) is 0 Å². The van der Waals surface area contributed by atoms with Crippen molar-refractivity contribution in [1.82, 2.24) is 14.5 Å². The van der Waals surface area contributed by atoms with Crippen LogP contribution in [0.25, 0.3) is 11.2 Å². The first kappa shape index (κ1) is 11.7. The van der Waals surface area contributed by atoms with Gasteiger partial charge in [0, 0.05) is 25.8 Å². The lowest BCUT2D eigenvalue weighted by Gasteiger charge is -2.11. The summed E-state index contributed by atoms with van der Waals surface area (Å²) < 4.78 is 7.96. The third-order valence-corrected chi connectivity index (χ3v) is 3.46. The lowest BCUT2D eigenvalue weighted by atomic mass is 10.2. The molecule has 0 radical (unpaired) electrons.